The Morgan fingerprint density at radius 3 is 2.57 bits per heavy atom. The highest BCUT2D eigenvalue weighted by Gasteiger charge is 2.16. The number of nitrogens with one attached hydrogen (secondary N) is 1. The van der Waals surface area contributed by atoms with E-state index in [1.807, 2.05) is 30.3 Å². The van der Waals surface area contributed by atoms with Crippen molar-refractivity contribution >= 4 is 14.6 Å². The zero-order chi connectivity index (χ0) is 10.4. The molecule has 0 aliphatic heterocycles. The van der Waals surface area contributed by atoms with Crippen LogP contribution in [0.2, 0.25) is 0 Å². The molecular weight excluding hydrogens is 201 g/mol. The molecule has 0 heterocycles. The predicted molar refractivity (Wildman–Crippen MR) is 52.3 cm³/mol. The van der Waals surface area contributed by atoms with Crippen LogP contribution in [0.4, 0.5) is 0 Å². The summed E-state index contributed by atoms with van der Waals surface area (Å²) < 4.78 is 10.2. The number of hydrogen-bond donors (Lipinski definition) is 2. The van der Waals surface area contributed by atoms with Crippen LogP contribution in [0.1, 0.15) is 5.56 Å². The lowest BCUT2D eigenvalue weighted by atomic mass is 10.1. The molecule has 1 aromatic carbocycles. The molecule has 2 N–H and O–H groups in total. The molecular formula is C9H10NO3P. The lowest BCUT2D eigenvalue weighted by Gasteiger charge is -2.08. The van der Waals surface area contributed by atoms with Crippen molar-refractivity contribution in [2.45, 2.75) is 12.5 Å². The summed E-state index contributed by atoms with van der Waals surface area (Å²) in [5, 5.41) is 11.1. The molecule has 4 nitrogen and oxygen atoms in total. The summed E-state index contributed by atoms with van der Waals surface area (Å²) in [6, 6.07) is 8.39. The molecule has 14 heavy (non-hydrogen) atoms. The topological polar surface area (TPSA) is 66.4 Å². The number of carboxylic acids is 1. The molecule has 1 atom stereocenters. The highest BCUT2D eigenvalue weighted by Crippen LogP contribution is 2.05. The first kappa shape index (κ1) is 10.8. The van der Waals surface area contributed by atoms with Gasteiger partial charge in [-0.05, 0) is 12.0 Å². The van der Waals surface area contributed by atoms with Crippen molar-refractivity contribution in [3.05, 3.63) is 35.9 Å². The first-order valence-electron chi connectivity index (χ1n) is 4.08. The molecule has 0 amide bonds. The molecule has 0 aliphatic rings. The van der Waals surface area contributed by atoms with E-state index in [1.54, 1.807) is 0 Å². The molecule has 0 saturated heterocycles. The Kier molecular flexibility index (Phi) is 4.23. The average Bonchev–Trinajstić information content (AvgIpc) is 2.18. The monoisotopic (exact) mass is 211 g/mol. The number of benzene rings is 1. The van der Waals surface area contributed by atoms with Gasteiger partial charge in [0.15, 0.2) is 0 Å². The number of hydrogen-bond acceptors (Lipinski definition) is 2. The van der Waals surface area contributed by atoms with Crippen LogP contribution >= 0.6 is 8.61 Å². The van der Waals surface area contributed by atoms with Gasteiger partial charge >= 0.3 is 5.97 Å². The van der Waals surface area contributed by atoms with Crippen LogP contribution in [-0.4, -0.2) is 17.1 Å². The van der Waals surface area contributed by atoms with Crippen molar-refractivity contribution in [1.29, 1.82) is 0 Å². The quantitative estimate of drug-likeness (QED) is 0.724. The number of rotatable bonds is 5. The Balaban J connectivity index is 2.64. The molecule has 0 saturated carbocycles. The van der Waals surface area contributed by atoms with Crippen LogP contribution in [0.3, 0.4) is 0 Å². The molecule has 1 rings (SSSR count). The van der Waals surface area contributed by atoms with Crippen molar-refractivity contribution in [2.24, 2.45) is 0 Å². The lowest BCUT2D eigenvalue weighted by molar-refractivity contribution is -0.138. The molecule has 0 radical (unpaired) electrons. The molecule has 1 unspecified atom stereocenters. The molecule has 5 heteroatoms. The van der Waals surface area contributed by atoms with Gasteiger partial charge in [0.2, 0.25) is 8.61 Å². The second-order valence-corrected chi connectivity index (χ2v) is 3.24. The number of carbonyl (C=O) groups is 1. The molecule has 0 aliphatic carbocycles. The normalized spacial score (nSPS) is 12.6. The van der Waals surface area contributed by atoms with Crippen LogP contribution in [0.15, 0.2) is 30.3 Å². The average molecular weight is 211 g/mol. The first-order chi connectivity index (χ1) is 6.74. The molecule has 74 valence electrons. The van der Waals surface area contributed by atoms with E-state index in [0.717, 1.165) is 5.56 Å². The standard InChI is InChI=1S/C9H10NO3P/c11-9(12)8(10-14-13)6-7-4-2-1-3-5-7/h1-5,8H,6H2,(H,10,13)(H,11,12). The fourth-order valence-corrected chi connectivity index (χ4v) is 1.43. The highest BCUT2D eigenvalue weighted by molar-refractivity contribution is 7.21. The third-order valence-corrected chi connectivity index (χ3v) is 2.21. The van der Waals surface area contributed by atoms with E-state index in [4.69, 9.17) is 5.11 Å². The van der Waals surface area contributed by atoms with Gasteiger partial charge in [0.1, 0.15) is 6.04 Å². The minimum atomic E-state index is -1.00. The van der Waals surface area contributed by atoms with Gasteiger partial charge in [-0.3, -0.25) is 9.36 Å². The van der Waals surface area contributed by atoms with Crippen LogP contribution in [0, 0.1) is 0 Å². The Labute approximate surface area is 83.2 Å². The van der Waals surface area contributed by atoms with Gasteiger partial charge in [-0.15, -0.1) is 0 Å². The van der Waals surface area contributed by atoms with Gasteiger partial charge in [-0.2, -0.15) is 0 Å². The van der Waals surface area contributed by atoms with Crippen LogP contribution in [0.5, 0.6) is 0 Å². The Hall–Kier alpha value is -1.25. The fourth-order valence-electron chi connectivity index (χ4n) is 1.10. The Morgan fingerprint density at radius 1 is 1.43 bits per heavy atom. The fraction of sp³-hybridized carbons (Fsp3) is 0.222. The van der Waals surface area contributed by atoms with Crippen LogP contribution in [0.25, 0.3) is 0 Å². The molecule has 0 fully saturated rings. The summed E-state index contributed by atoms with van der Waals surface area (Å²) in [6.07, 6.45) is 0.325. The van der Waals surface area contributed by atoms with Crippen molar-refractivity contribution in [3.8, 4) is 0 Å². The summed E-state index contributed by atoms with van der Waals surface area (Å²) in [4.78, 5) is 10.7. The first-order valence-corrected chi connectivity index (χ1v) is 4.90. The van der Waals surface area contributed by atoms with Crippen molar-refractivity contribution in [1.82, 2.24) is 5.09 Å². The molecule has 1 aromatic rings. The van der Waals surface area contributed by atoms with Crippen LogP contribution < -0.4 is 5.09 Å². The molecule has 0 bridgehead atoms. The maximum atomic E-state index is 10.7. The third-order valence-electron chi connectivity index (χ3n) is 1.79. The van der Waals surface area contributed by atoms with E-state index in [9.17, 15) is 9.36 Å². The summed E-state index contributed by atoms with van der Waals surface area (Å²) in [5.41, 5.74) is 0.899. The summed E-state index contributed by atoms with van der Waals surface area (Å²) in [5.74, 6) is -1.00. The SMILES string of the molecule is O=PNC(Cc1ccccc1)C(=O)O. The van der Waals surface area contributed by atoms with Gasteiger partial charge < -0.3 is 5.11 Å². The highest BCUT2D eigenvalue weighted by atomic mass is 31.1. The summed E-state index contributed by atoms with van der Waals surface area (Å²) >= 11 is 0. The van der Waals surface area contributed by atoms with E-state index in [0.29, 0.717) is 6.42 Å². The van der Waals surface area contributed by atoms with Gasteiger partial charge in [0, 0.05) is 0 Å². The van der Waals surface area contributed by atoms with Crippen molar-refractivity contribution < 1.29 is 14.5 Å². The molecule has 0 spiro atoms. The number of aliphatic carboxylic acids is 1. The van der Waals surface area contributed by atoms with E-state index < -0.39 is 12.0 Å². The van der Waals surface area contributed by atoms with E-state index in [2.05, 4.69) is 5.09 Å². The minimum Gasteiger partial charge on any atom is -0.480 e. The van der Waals surface area contributed by atoms with Crippen LogP contribution in [-0.2, 0) is 15.8 Å². The Morgan fingerprint density at radius 2 is 2.07 bits per heavy atom. The van der Waals surface area contributed by atoms with Gasteiger partial charge in [0.05, 0.1) is 0 Å². The Bertz CT molecular complexity index is 315. The predicted octanol–water partition coefficient (Wildman–Crippen LogP) is 1.48. The smallest absolute Gasteiger partial charge is 0.321 e. The minimum absolute atomic E-state index is 0.325. The maximum absolute atomic E-state index is 10.7. The summed E-state index contributed by atoms with van der Waals surface area (Å²) in [6.45, 7) is 0. The maximum Gasteiger partial charge on any atom is 0.321 e. The third kappa shape index (κ3) is 3.24. The molecule has 0 aromatic heterocycles. The number of carboxylic acid groups (broad SMARTS) is 1. The van der Waals surface area contributed by atoms with Gasteiger partial charge in [-0.1, -0.05) is 30.3 Å². The van der Waals surface area contributed by atoms with Gasteiger partial charge in [-0.25, -0.2) is 5.09 Å². The van der Waals surface area contributed by atoms with Crippen molar-refractivity contribution in [3.63, 3.8) is 0 Å². The van der Waals surface area contributed by atoms with E-state index >= 15 is 0 Å². The lowest BCUT2D eigenvalue weighted by Crippen LogP contribution is -2.32. The largest absolute Gasteiger partial charge is 0.480 e. The second-order valence-electron chi connectivity index (χ2n) is 2.80. The van der Waals surface area contributed by atoms with E-state index in [1.165, 1.54) is 0 Å². The van der Waals surface area contributed by atoms with Crippen molar-refractivity contribution in [2.75, 3.05) is 0 Å². The van der Waals surface area contributed by atoms with E-state index in [-0.39, 0.29) is 8.61 Å². The zero-order valence-electron chi connectivity index (χ0n) is 7.38. The second kappa shape index (κ2) is 5.47. The summed E-state index contributed by atoms with van der Waals surface area (Å²) in [7, 11) is -0.361. The van der Waals surface area contributed by atoms with Gasteiger partial charge in [0.25, 0.3) is 0 Å². The zero-order valence-corrected chi connectivity index (χ0v) is 8.28.